The van der Waals surface area contributed by atoms with Crippen LogP contribution in [-0.2, 0) is 0 Å². The van der Waals surface area contributed by atoms with Gasteiger partial charge in [-0.1, -0.05) is 28.4 Å². The summed E-state index contributed by atoms with van der Waals surface area (Å²) in [7, 11) is 0. The molecule has 3 aromatic rings. The summed E-state index contributed by atoms with van der Waals surface area (Å²) in [5.74, 6) is 0.671. The van der Waals surface area contributed by atoms with E-state index in [1.54, 1.807) is 24.3 Å². The van der Waals surface area contributed by atoms with Gasteiger partial charge in [-0.3, -0.25) is 0 Å². The molecule has 0 aliphatic rings. The summed E-state index contributed by atoms with van der Waals surface area (Å²) >= 11 is 13.9. The molecule has 0 saturated carbocycles. The SMILES string of the molecule is Oc1cc(-c2nc(-c3ncc(Cl)cc3Cl)no2)ccc1I. The van der Waals surface area contributed by atoms with Crippen molar-refractivity contribution in [3.05, 3.63) is 44.1 Å². The molecule has 0 saturated heterocycles. The van der Waals surface area contributed by atoms with E-state index in [0.717, 1.165) is 3.57 Å². The molecule has 1 aromatic carbocycles. The van der Waals surface area contributed by atoms with Gasteiger partial charge in [0.15, 0.2) is 0 Å². The van der Waals surface area contributed by atoms with E-state index in [2.05, 4.69) is 15.1 Å². The van der Waals surface area contributed by atoms with Crippen molar-refractivity contribution < 1.29 is 9.63 Å². The van der Waals surface area contributed by atoms with Gasteiger partial charge in [-0.2, -0.15) is 4.98 Å². The summed E-state index contributed by atoms with van der Waals surface area (Å²) in [5.41, 5.74) is 0.988. The molecule has 0 aliphatic heterocycles. The summed E-state index contributed by atoms with van der Waals surface area (Å²) in [6, 6.07) is 6.63. The molecule has 5 nitrogen and oxygen atoms in total. The lowest BCUT2D eigenvalue weighted by Crippen LogP contribution is -1.87. The van der Waals surface area contributed by atoms with Gasteiger partial charge in [-0.15, -0.1) is 0 Å². The molecule has 0 amide bonds. The molecule has 8 heteroatoms. The second kappa shape index (κ2) is 5.78. The predicted molar refractivity (Wildman–Crippen MR) is 87.4 cm³/mol. The highest BCUT2D eigenvalue weighted by atomic mass is 127. The van der Waals surface area contributed by atoms with Gasteiger partial charge in [0.05, 0.1) is 13.6 Å². The molecule has 1 N–H and O–H groups in total. The number of phenolic OH excluding ortho intramolecular Hbond substituents is 1. The number of benzene rings is 1. The smallest absolute Gasteiger partial charge is 0.258 e. The van der Waals surface area contributed by atoms with Gasteiger partial charge >= 0.3 is 0 Å². The van der Waals surface area contributed by atoms with Gasteiger partial charge in [-0.05, 0) is 46.9 Å². The first-order valence-electron chi connectivity index (χ1n) is 5.68. The third-order valence-corrected chi connectivity index (χ3v) is 4.05. The number of pyridine rings is 1. The summed E-state index contributed by atoms with van der Waals surface area (Å²) in [4.78, 5) is 8.32. The van der Waals surface area contributed by atoms with Crippen molar-refractivity contribution in [2.45, 2.75) is 0 Å². The maximum Gasteiger partial charge on any atom is 0.258 e. The number of hydrogen-bond donors (Lipinski definition) is 1. The maximum absolute atomic E-state index is 9.71. The van der Waals surface area contributed by atoms with Crippen LogP contribution in [-0.4, -0.2) is 20.2 Å². The van der Waals surface area contributed by atoms with E-state index in [-0.39, 0.29) is 17.5 Å². The lowest BCUT2D eigenvalue weighted by molar-refractivity contribution is 0.431. The first-order chi connectivity index (χ1) is 10.0. The minimum atomic E-state index is 0.149. The maximum atomic E-state index is 9.71. The number of aromatic nitrogens is 3. The largest absolute Gasteiger partial charge is 0.507 e. The summed E-state index contributed by atoms with van der Waals surface area (Å²) in [6.45, 7) is 0. The third kappa shape index (κ3) is 2.97. The molecule has 2 aromatic heterocycles. The zero-order valence-corrected chi connectivity index (χ0v) is 13.9. The van der Waals surface area contributed by atoms with Crippen LogP contribution in [0.1, 0.15) is 0 Å². The van der Waals surface area contributed by atoms with Gasteiger partial charge in [0, 0.05) is 11.8 Å². The molecule has 21 heavy (non-hydrogen) atoms. The Morgan fingerprint density at radius 3 is 2.71 bits per heavy atom. The van der Waals surface area contributed by atoms with Gasteiger partial charge in [-0.25, -0.2) is 4.98 Å². The van der Waals surface area contributed by atoms with Crippen LogP contribution < -0.4 is 0 Å². The van der Waals surface area contributed by atoms with Crippen LogP contribution in [0.4, 0.5) is 0 Å². The second-order valence-corrected chi connectivity index (χ2v) is 6.08. The fourth-order valence-corrected chi connectivity index (χ4v) is 2.46. The molecule has 0 aliphatic carbocycles. The van der Waals surface area contributed by atoms with E-state index < -0.39 is 0 Å². The number of phenols is 1. The van der Waals surface area contributed by atoms with Gasteiger partial charge in [0.1, 0.15) is 11.4 Å². The van der Waals surface area contributed by atoms with E-state index >= 15 is 0 Å². The highest BCUT2D eigenvalue weighted by Crippen LogP contribution is 2.30. The van der Waals surface area contributed by atoms with E-state index in [1.807, 2.05) is 22.6 Å². The van der Waals surface area contributed by atoms with E-state index in [1.165, 1.54) is 6.20 Å². The van der Waals surface area contributed by atoms with Crippen molar-refractivity contribution in [1.29, 1.82) is 0 Å². The summed E-state index contributed by atoms with van der Waals surface area (Å²) in [6.07, 6.45) is 1.45. The molecule has 0 unspecified atom stereocenters. The van der Waals surface area contributed by atoms with Crippen LogP contribution in [0, 0.1) is 3.57 Å². The Morgan fingerprint density at radius 2 is 2.00 bits per heavy atom. The van der Waals surface area contributed by atoms with Gasteiger partial charge in [0.25, 0.3) is 5.89 Å². The van der Waals surface area contributed by atoms with Crippen LogP contribution in [0.5, 0.6) is 5.75 Å². The molecule has 3 rings (SSSR count). The van der Waals surface area contributed by atoms with E-state index in [0.29, 0.717) is 21.3 Å². The van der Waals surface area contributed by atoms with Crippen LogP contribution in [0.15, 0.2) is 35.0 Å². The Hall–Kier alpha value is -1.38. The Balaban J connectivity index is 2.01. The topological polar surface area (TPSA) is 72.0 Å². The van der Waals surface area contributed by atoms with E-state index in [9.17, 15) is 5.11 Å². The fraction of sp³-hybridized carbons (Fsp3) is 0. The zero-order chi connectivity index (χ0) is 15.0. The second-order valence-electron chi connectivity index (χ2n) is 4.07. The molecule has 106 valence electrons. The van der Waals surface area contributed by atoms with Crippen LogP contribution in [0.25, 0.3) is 23.0 Å². The predicted octanol–water partition coefficient (Wildman–Crippen LogP) is 4.42. The average molecular weight is 434 g/mol. The minimum Gasteiger partial charge on any atom is -0.507 e. The van der Waals surface area contributed by atoms with Crippen molar-refractivity contribution in [3.8, 4) is 28.7 Å². The van der Waals surface area contributed by atoms with Crippen molar-refractivity contribution >= 4 is 45.8 Å². The first kappa shape index (κ1) is 14.6. The quantitative estimate of drug-likeness (QED) is 0.606. The molecular weight excluding hydrogens is 428 g/mol. The Labute approximate surface area is 143 Å². The molecular formula is C13H6Cl2IN3O2. The molecule has 0 radical (unpaired) electrons. The summed E-state index contributed by atoms with van der Waals surface area (Å²) in [5, 5.41) is 14.3. The lowest BCUT2D eigenvalue weighted by atomic mass is 10.2. The van der Waals surface area contributed by atoms with Crippen molar-refractivity contribution in [2.24, 2.45) is 0 Å². The number of hydrogen-bond acceptors (Lipinski definition) is 5. The fourth-order valence-electron chi connectivity index (χ4n) is 1.66. The Bertz CT molecular complexity index is 823. The molecule has 0 fully saturated rings. The third-order valence-electron chi connectivity index (χ3n) is 2.64. The monoisotopic (exact) mass is 433 g/mol. The number of rotatable bonds is 2. The van der Waals surface area contributed by atoms with E-state index in [4.69, 9.17) is 27.7 Å². The standard InChI is InChI=1S/C13H6Cl2IN3O2/c14-7-4-8(15)11(17-5-7)12-18-13(21-19-12)6-1-2-9(16)10(20)3-6/h1-5,20H. The van der Waals surface area contributed by atoms with Crippen molar-refractivity contribution in [3.63, 3.8) is 0 Å². The molecule has 0 bridgehead atoms. The summed E-state index contributed by atoms with van der Waals surface area (Å²) < 4.78 is 5.91. The normalized spacial score (nSPS) is 10.8. The highest BCUT2D eigenvalue weighted by Gasteiger charge is 2.15. The zero-order valence-electron chi connectivity index (χ0n) is 10.2. The molecule has 2 heterocycles. The minimum absolute atomic E-state index is 0.149. The Kier molecular flexibility index (Phi) is 4.01. The molecule has 0 spiro atoms. The molecule has 0 atom stereocenters. The van der Waals surface area contributed by atoms with Crippen molar-refractivity contribution in [2.75, 3.05) is 0 Å². The number of aromatic hydroxyl groups is 1. The first-order valence-corrected chi connectivity index (χ1v) is 7.52. The highest BCUT2D eigenvalue weighted by molar-refractivity contribution is 14.1. The van der Waals surface area contributed by atoms with Crippen LogP contribution in [0.3, 0.4) is 0 Å². The van der Waals surface area contributed by atoms with Gasteiger partial charge < -0.3 is 9.63 Å². The average Bonchev–Trinajstić information content (AvgIpc) is 2.91. The lowest BCUT2D eigenvalue weighted by Gasteiger charge is -1.98. The Morgan fingerprint density at radius 1 is 1.19 bits per heavy atom. The number of nitrogens with zero attached hydrogens (tertiary/aromatic N) is 3. The van der Waals surface area contributed by atoms with Crippen LogP contribution in [0.2, 0.25) is 10.0 Å². The van der Waals surface area contributed by atoms with Gasteiger partial charge in [0.2, 0.25) is 5.82 Å². The van der Waals surface area contributed by atoms with Crippen molar-refractivity contribution in [1.82, 2.24) is 15.1 Å². The van der Waals surface area contributed by atoms with Crippen LogP contribution >= 0.6 is 45.8 Å². The number of halogens is 3.